The van der Waals surface area contributed by atoms with Crippen molar-refractivity contribution in [2.45, 2.75) is 37.4 Å². The van der Waals surface area contributed by atoms with Crippen molar-refractivity contribution in [1.82, 2.24) is 13.7 Å². The predicted octanol–water partition coefficient (Wildman–Crippen LogP) is 2.37. The van der Waals surface area contributed by atoms with E-state index >= 15 is 0 Å². The van der Waals surface area contributed by atoms with E-state index in [1.165, 1.54) is 27.8 Å². The third-order valence-electron chi connectivity index (χ3n) is 4.65. The lowest BCUT2D eigenvalue weighted by Crippen LogP contribution is -2.48. The highest BCUT2D eigenvalue weighted by molar-refractivity contribution is 7.89. The maximum atomic E-state index is 12.9. The molecule has 0 aliphatic carbocycles. The first-order chi connectivity index (χ1) is 13.8. The zero-order chi connectivity index (χ0) is 20.6. The van der Waals surface area contributed by atoms with E-state index < -0.39 is 10.0 Å². The molecule has 1 aliphatic rings. The van der Waals surface area contributed by atoms with Crippen LogP contribution in [0.15, 0.2) is 46.9 Å². The Morgan fingerprint density at radius 2 is 1.93 bits per heavy atom. The monoisotopic (exact) mass is 434 g/mol. The topological polar surface area (TPSA) is 93.0 Å². The fourth-order valence-corrected chi connectivity index (χ4v) is 5.73. The first kappa shape index (κ1) is 20.0. The molecule has 29 heavy (non-hydrogen) atoms. The summed E-state index contributed by atoms with van der Waals surface area (Å²) in [4.78, 5) is 17.7. The number of thiazole rings is 1. The number of nitrogens with zero attached hydrogens (tertiary/aromatic N) is 3. The molecular weight excluding hydrogens is 412 g/mol. The van der Waals surface area contributed by atoms with Crippen LogP contribution in [0.25, 0.3) is 4.96 Å². The summed E-state index contributed by atoms with van der Waals surface area (Å²) in [7, 11) is -3.60. The van der Waals surface area contributed by atoms with Crippen LogP contribution in [0.4, 0.5) is 5.69 Å². The van der Waals surface area contributed by atoms with Gasteiger partial charge in [0.2, 0.25) is 15.9 Å². The molecule has 1 saturated heterocycles. The number of imidazole rings is 1. The van der Waals surface area contributed by atoms with E-state index in [4.69, 9.17) is 4.74 Å². The Hall–Kier alpha value is -2.27. The van der Waals surface area contributed by atoms with Gasteiger partial charge in [-0.1, -0.05) is 0 Å². The minimum absolute atomic E-state index is 0.148. The number of anilines is 1. The zero-order valence-electron chi connectivity index (χ0n) is 16.1. The van der Waals surface area contributed by atoms with E-state index in [0.29, 0.717) is 24.5 Å². The van der Waals surface area contributed by atoms with E-state index in [2.05, 4.69) is 10.3 Å². The highest BCUT2D eigenvalue weighted by atomic mass is 32.2. The molecule has 2 atom stereocenters. The Labute approximate surface area is 173 Å². The number of amides is 1. The zero-order valence-corrected chi connectivity index (χ0v) is 17.7. The quantitative estimate of drug-likeness (QED) is 0.666. The van der Waals surface area contributed by atoms with Crippen LogP contribution in [0.5, 0.6) is 0 Å². The van der Waals surface area contributed by atoms with Gasteiger partial charge >= 0.3 is 0 Å². The number of nitrogens with one attached hydrogen (secondary N) is 1. The third-order valence-corrected chi connectivity index (χ3v) is 7.26. The van der Waals surface area contributed by atoms with Crippen molar-refractivity contribution in [3.8, 4) is 0 Å². The minimum atomic E-state index is -3.60. The number of ether oxygens (including phenoxy) is 1. The van der Waals surface area contributed by atoms with Crippen LogP contribution in [0.1, 0.15) is 19.5 Å². The van der Waals surface area contributed by atoms with Gasteiger partial charge in [-0.15, -0.1) is 11.3 Å². The Balaban J connectivity index is 1.41. The van der Waals surface area contributed by atoms with E-state index in [-0.39, 0.29) is 29.4 Å². The molecule has 8 nitrogen and oxygen atoms in total. The molecule has 0 radical (unpaired) electrons. The van der Waals surface area contributed by atoms with Gasteiger partial charge in [-0.25, -0.2) is 13.4 Å². The number of benzene rings is 1. The summed E-state index contributed by atoms with van der Waals surface area (Å²) in [5.74, 6) is -0.206. The van der Waals surface area contributed by atoms with Gasteiger partial charge in [-0.3, -0.25) is 9.20 Å². The average molecular weight is 435 g/mol. The molecule has 1 fully saturated rings. The number of carbonyl (C=O) groups excluding carboxylic acids is 1. The molecule has 3 aromatic rings. The third kappa shape index (κ3) is 4.35. The number of rotatable bonds is 5. The largest absolute Gasteiger partial charge is 0.373 e. The first-order valence-corrected chi connectivity index (χ1v) is 11.6. The van der Waals surface area contributed by atoms with Gasteiger partial charge in [0.1, 0.15) is 0 Å². The second-order valence-electron chi connectivity index (χ2n) is 7.15. The van der Waals surface area contributed by atoms with Crippen molar-refractivity contribution >= 4 is 37.9 Å². The molecule has 0 spiro atoms. The van der Waals surface area contributed by atoms with Crippen molar-refractivity contribution in [2.75, 3.05) is 18.4 Å². The van der Waals surface area contributed by atoms with Crippen molar-refractivity contribution in [1.29, 1.82) is 0 Å². The molecule has 0 unspecified atom stereocenters. The molecule has 1 aromatic carbocycles. The van der Waals surface area contributed by atoms with E-state index in [9.17, 15) is 13.2 Å². The summed E-state index contributed by atoms with van der Waals surface area (Å²) < 4.78 is 34.7. The molecule has 1 aliphatic heterocycles. The number of sulfonamides is 1. The molecule has 0 bridgehead atoms. The maximum absolute atomic E-state index is 12.9. The van der Waals surface area contributed by atoms with Crippen LogP contribution in [0.3, 0.4) is 0 Å². The van der Waals surface area contributed by atoms with Crippen molar-refractivity contribution in [3.63, 3.8) is 0 Å². The Bertz CT molecular complexity index is 1080. The Morgan fingerprint density at radius 3 is 2.59 bits per heavy atom. The fourth-order valence-electron chi connectivity index (χ4n) is 3.42. The summed E-state index contributed by atoms with van der Waals surface area (Å²) in [6.45, 7) is 4.38. The summed E-state index contributed by atoms with van der Waals surface area (Å²) in [5.41, 5.74) is 1.22. The van der Waals surface area contributed by atoms with E-state index in [0.717, 1.165) is 4.96 Å². The first-order valence-electron chi connectivity index (χ1n) is 9.28. The SMILES string of the molecule is C[C@H]1CN(S(=O)(=O)c2ccc(NC(=O)Cc3cn4ccsc4n3)cc2)C[C@H](C)O1. The van der Waals surface area contributed by atoms with E-state index in [1.54, 1.807) is 12.1 Å². The number of aromatic nitrogens is 2. The fraction of sp³-hybridized carbons (Fsp3) is 0.368. The number of carbonyl (C=O) groups is 1. The molecule has 0 saturated carbocycles. The van der Waals surface area contributed by atoms with Gasteiger partial charge in [-0.2, -0.15) is 4.31 Å². The van der Waals surface area contributed by atoms with E-state index in [1.807, 2.05) is 36.0 Å². The number of hydrogen-bond donors (Lipinski definition) is 1. The molecule has 1 N–H and O–H groups in total. The van der Waals surface area contributed by atoms with Crippen LogP contribution in [0.2, 0.25) is 0 Å². The molecule has 1 amide bonds. The summed E-state index contributed by atoms with van der Waals surface area (Å²) in [6.07, 6.45) is 3.57. The average Bonchev–Trinajstić information content (AvgIpc) is 3.22. The maximum Gasteiger partial charge on any atom is 0.243 e. The number of morpholine rings is 1. The Kier molecular flexibility index (Phi) is 5.43. The van der Waals surface area contributed by atoms with Crippen LogP contribution < -0.4 is 5.32 Å². The molecule has 4 rings (SSSR count). The van der Waals surface area contributed by atoms with Crippen LogP contribution in [-0.2, 0) is 26.0 Å². The number of fused-ring (bicyclic) bond motifs is 1. The second kappa shape index (κ2) is 7.86. The van der Waals surface area contributed by atoms with Gasteiger partial charge in [0.15, 0.2) is 4.96 Å². The lowest BCUT2D eigenvalue weighted by molar-refractivity contribution is -0.115. The highest BCUT2D eigenvalue weighted by Crippen LogP contribution is 2.22. The van der Waals surface area contributed by atoms with Crippen LogP contribution in [0, 0.1) is 0 Å². The molecular formula is C19H22N4O4S2. The molecule has 10 heteroatoms. The lowest BCUT2D eigenvalue weighted by atomic mass is 10.3. The smallest absolute Gasteiger partial charge is 0.243 e. The van der Waals surface area contributed by atoms with Gasteiger partial charge in [-0.05, 0) is 38.1 Å². The standard InChI is InChI=1S/C19H22N4O4S2/c1-13-10-23(11-14(2)27-13)29(25,26)17-5-3-15(4-6-17)20-18(24)9-16-12-22-7-8-28-19(22)21-16/h3-8,12-14H,9-11H2,1-2H3,(H,20,24)/t13-,14-/m0/s1. The normalized spacial score (nSPS) is 20.8. The van der Waals surface area contributed by atoms with Crippen molar-refractivity contribution < 1.29 is 17.9 Å². The lowest BCUT2D eigenvalue weighted by Gasteiger charge is -2.34. The van der Waals surface area contributed by atoms with Crippen LogP contribution >= 0.6 is 11.3 Å². The number of hydrogen-bond acceptors (Lipinski definition) is 6. The minimum Gasteiger partial charge on any atom is -0.373 e. The molecule has 154 valence electrons. The predicted molar refractivity (Wildman–Crippen MR) is 111 cm³/mol. The molecule has 3 heterocycles. The van der Waals surface area contributed by atoms with Crippen molar-refractivity contribution in [2.24, 2.45) is 0 Å². The molecule has 2 aromatic heterocycles. The Morgan fingerprint density at radius 1 is 1.24 bits per heavy atom. The van der Waals surface area contributed by atoms with Gasteiger partial charge in [0, 0.05) is 36.6 Å². The van der Waals surface area contributed by atoms with Crippen LogP contribution in [-0.4, -0.2) is 53.3 Å². The summed E-state index contributed by atoms with van der Waals surface area (Å²) in [5, 5.41) is 4.72. The highest BCUT2D eigenvalue weighted by Gasteiger charge is 2.32. The van der Waals surface area contributed by atoms with Gasteiger partial charge in [0.05, 0.1) is 29.2 Å². The van der Waals surface area contributed by atoms with Gasteiger partial charge in [0.25, 0.3) is 0 Å². The summed E-state index contributed by atoms with van der Waals surface area (Å²) >= 11 is 1.51. The van der Waals surface area contributed by atoms with Crippen molar-refractivity contribution in [3.05, 3.63) is 47.7 Å². The second-order valence-corrected chi connectivity index (χ2v) is 9.96. The van der Waals surface area contributed by atoms with Gasteiger partial charge < -0.3 is 10.1 Å². The summed E-state index contributed by atoms with van der Waals surface area (Å²) in [6, 6.07) is 6.23.